The van der Waals surface area contributed by atoms with Gasteiger partial charge in [-0.25, -0.2) is 8.78 Å². The van der Waals surface area contributed by atoms with Crippen LogP contribution in [0, 0.1) is 11.6 Å². The third-order valence-corrected chi connectivity index (χ3v) is 2.72. The van der Waals surface area contributed by atoms with Crippen molar-refractivity contribution in [1.82, 2.24) is 0 Å². The summed E-state index contributed by atoms with van der Waals surface area (Å²) in [5.74, 6) is -0.651. The van der Waals surface area contributed by atoms with Gasteiger partial charge < -0.3 is 10.0 Å². The van der Waals surface area contributed by atoms with Crippen molar-refractivity contribution in [2.75, 3.05) is 11.9 Å². The minimum Gasteiger partial charge on any atom is -0.508 e. The van der Waals surface area contributed by atoms with Crippen LogP contribution in [0.25, 0.3) is 0 Å². The smallest absolute Gasteiger partial charge is 0.123 e. The van der Waals surface area contributed by atoms with Crippen LogP contribution in [0.1, 0.15) is 5.56 Å². The summed E-state index contributed by atoms with van der Waals surface area (Å²) in [4.78, 5) is 1.80. The minimum absolute atomic E-state index is 0.0466. The predicted octanol–water partition coefficient (Wildman–Crippen LogP) is 3.31. The van der Waals surface area contributed by atoms with Gasteiger partial charge in [-0.05, 0) is 42.5 Å². The first-order valence-corrected chi connectivity index (χ1v) is 5.50. The lowest BCUT2D eigenvalue weighted by Gasteiger charge is -2.20. The fourth-order valence-electron chi connectivity index (χ4n) is 1.72. The molecule has 0 radical (unpaired) electrons. The normalized spacial score (nSPS) is 10.4. The van der Waals surface area contributed by atoms with Crippen LogP contribution in [0.15, 0.2) is 42.5 Å². The molecule has 0 fully saturated rings. The van der Waals surface area contributed by atoms with E-state index in [9.17, 15) is 13.9 Å². The van der Waals surface area contributed by atoms with Gasteiger partial charge in [0.1, 0.15) is 17.4 Å². The minimum atomic E-state index is -0.393. The highest BCUT2D eigenvalue weighted by Crippen LogP contribution is 2.22. The molecule has 0 saturated carbocycles. The summed E-state index contributed by atoms with van der Waals surface area (Å²) < 4.78 is 25.9. The number of anilines is 1. The molecule has 0 aliphatic heterocycles. The lowest BCUT2D eigenvalue weighted by atomic mass is 10.1. The van der Waals surface area contributed by atoms with Gasteiger partial charge in [0.25, 0.3) is 0 Å². The second-order valence-electron chi connectivity index (χ2n) is 4.11. The Labute approximate surface area is 104 Å². The van der Waals surface area contributed by atoms with Gasteiger partial charge in [-0.1, -0.05) is 0 Å². The Morgan fingerprint density at radius 1 is 1.00 bits per heavy atom. The predicted molar refractivity (Wildman–Crippen MR) is 66.6 cm³/mol. The molecule has 2 nitrogen and oxygen atoms in total. The SMILES string of the molecule is CN(Cc1cc(F)ccc1O)c1ccc(F)cc1. The largest absolute Gasteiger partial charge is 0.508 e. The van der Waals surface area contributed by atoms with E-state index < -0.39 is 5.82 Å². The Morgan fingerprint density at radius 3 is 2.28 bits per heavy atom. The number of hydrogen-bond acceptors (Lipinski definition) is 2. The lowest BCUT2D eigenvalue weighted by molar-refractivity contribution is 0.465. The van der Waals surface area contributed by atoms with Crippen molar-refractivity contribution in [3.05, 3.63) is 59.7 Å². The second-order valence-corrected chi connectivity index (χ2v) is 4.11. The molecule has 0 heterocycles. The molecule has 0 amide bonds. The second kappa shape index (κ2) is 5.04. The van der Waals surface area contributed by atoms with Crippen molar-refractivity contribution in [2.45, 2.75) is 6.54 Å². The molecule has 0 saturated heterocycles. The van der Waals surface area contributed by atoms with Crippen LogP contribution >= 0.6 is 0 Å². The van der Waals surface area contributed by atoms with Crippen molar-refractivity contribution >= 4 is 5.69 Å². The molecule has 0 unspecified atom stereocenters. The summed E-state index contributed by atoms with van der Waals surface area (Å²) in [5, 5.41) is 9.62. The van der Waals surface area contributed by atoms with Gasteiger partial charge in [-0.15, -0.1) is 0 Å². The van der Waals surface area contributed by atoms with E-state index in [1.807, 2.05) is 0 Å². The number of halogens is 2. The maximum atomic E-state index is 13.1. The summed E-state index contributed by atoms with van der Waals surface area (Å²) >= 11 is 0. The van der Waals surface area contributed by atoms with Crippen LogP contribution < -0.4 is 4.90 Å². The molecule has 18 heavy (non-hydrogen) atoms. The highest BCUT2D eigenvalue weighted by atomic mass is 19.1. The molecule has 0 aliphatic carbocycles. The molecule has 2 aromatic rings. The number of aromatic hydroxyl groups is 1. The Balaban J connectivity index is 2.18. The summed E-state index contributed by atoms with van der Waals surface area (Å²) in [7, 11) is 1.79. The molecule has 4 heteroatoms. The monoisotopic (exact) mass is 249 g/mol. The molecule has 0 aromatic heterocycles. The van der Waals surface area contributed by atoms with Gasteiger partial charge >= 0.3 is 0 Å². The molecule has 2 rings (SSSR count). The molecule has 2 aromatic carbocycles. The van der Waals surface area contributed by atoms with Gasteiger partial charge in [-0.3, -0.25) is 0 Å². The number of hydrogen-bond donors (Lipinski definition) is 1. The summed E-state index contributed by atoms with van der Waals surface area (Å²) in [6.07, 6.45) is 0. The first-order chi connectivity index (χ1) is 8.56. The van der Waals surface area contributed by atoms with E-state index in [0.717, 1.165) is 5.69 Å². The van der Waals surface area contributed by atoms with Crippen molar-refractivity contribution in [3.8, 4) is 5.75 Å². The van der Waals surface area contributed by atoms with Crippen molar-refractivity contribution in [1.29, 1.82) is 0 Å². The van der Waals surface area contributed by atoms with Gasteiger partial charge in [-0.2, -0.15) is 0 Å². The summed E-state index contributed by atoms with van der Waals surface area (Å²) in [6, 6.07) is 9.79. The molecule has 0 spiro atoms. The Bertz CT molecular complexity index is 540. The molecule has 94 valence electrons. The number of benzene rings is 2. The molecule has 1 N–H and O–H groups in total. The highest BCUT2D eigenvalue weighted by Gasteiger charge is 2.07. The molecular weight excluding hydrogens is 236 g/mol. The maximum Gasteiger partial charge on any atom is 0.123 e. The van der Waals surface area contributed by atoms with Crippen LogP contribution in [-0.2, 0) is 6.54 Å². The van der Waals surface area contributed by atoms with E-state index in [0.29, 0.717) is 12.1 Å². The molecule has 0 bridgehead atoms. The fraction of sp³-hybridized carbons (Fsp3) is 0.143. The highest BCUT2D eigenvalue weighted by molar-refractivity contribution is 5.47. The summed E-state index contributed by atoms with van der Waals surface area (Å²) in [5.41, 5.74) is 1.28. The first kappa shape index (κ1) is 12.4. The zero-order valence-electron chi connectivity index (χ0n) is 9.90. The van der Waals surface area contributed by atoms with E-state index in [4.69, 9.17) is 0 Å². The Morgan fingerprint density at radius 2 is 1.61 bits per heavy atom. The van der Waals surface area contributed by atoms with E-state index in [-0.39, 0.29) is 11.6 Å². The number of nitrogens with zero attached hydrogens (tertiary/aromatic N) is 1. The number of phenolic OH excluding ortho intramolecular Hbond substituents is 1. The van der Waals surface area contributed by atoms with E-state index in [1.54, 1.807) is 24.1 Å². The standard InChI is InChI=1S/C14H13F2NO/c1-17(13-5-2-11(15)3-6-13)9-10-8-12(16)4-7-14(10)18/h2-8,18H,9H2,1H3. The van der Waals surface area contributed by atoms with E-state index in [1.165, 1.54) is 30.3 Å². The van der Waals surface area contributed by atoms with Crippen LogP contribution in [0.5, 0.6) is 5.75 Å². The van der Waals surface area contributed by atoms with Crippen molar-refractivity contribution < 1.29 is 13.9 Å². The van der Waals surface area contributed by atoms with E-state index >= 15 is 0 Å². The van der Waals surface area contributed by atoms with Crippen LogP contribution in [-0.4, -0.2) is 12.2 Å². The van der Waals surface area contributed by atoms with Crippen molar-refractivity contribution in [2.24, 2.45) is 0 Å². The Kier molecular flexibility index (Phi) is 3.46. The zero-order chi connectivity index (χ0) is 13.1. The topological polar surface area (TPSA) is 23.5 Å². The van der Waals surface area contributed by atoms with Crippen LogP contribution in [0.2, 0.25) is 0 Å². The number of phenols is 1. The van der Waals surface area contributed by atoms with Crippen LogP contribution in [0.3, 0.4) is 0 Å². The maximum absolute atomic E-state index is 13.1. The zero-order valence-corrected chi connectivity index (χ0v) is 9.90. The fourth-order valence-corrected chi connectivity index (χ4v) is 1.72. The third kappa shape index (κ3) is 2.77. The van der Waals surface area contributed by atoms with Crippen molar-refractivity contribution in [3.63, 3.8) is 0 Å². The van der Waals surface area contributed by atoms with Gasteiger partial charge in [0, 0.05) is 24.8 Å². The average Bonchev–Trinajstić information content (AvgIpc) is 2.34. The number of rotatable bonds is 3. The molecule has 0 atom stereocenters. The van der Waals surface area contributed by atoms with Gasteiger partial charge in [0.05, 0.1) is 0 Å². The first-order valence-electron chi connectivity index (χ1n) is 5.50. The summed E-state index contributed by atoms with van der Waals surface area (Å²) in [6.45, 7) is 0.342. The van der Waals surface area contributed by atoms with E-state index in [2.05, 4.69) is 0 Å². The van der Waals surface area contributed by atoms with Crippen LogP contribution in [0.4, 0.5) is 14.5 Å². The molecular formula is C14H13F2NO. The Hall–Kier alpha value is -2.10. The van der Waals surface area contributed by atoms with Gasteiger partial charge in [0.2, 0.25) is 0 Å². The third-order valence-electron chi connectivity index (χ3n) is 2.72. The quantitative estimate of drug-likeness (QED) is 0.902. The lowest BCUT2D eigenvalue weighted by Crippen LogP contribution is -2.16. The molecule has 0 aliphatic rings. The van der Waals surface area contributed by atoms with Gasteiger partial charge in [0.15, 0.2) is 0 Å². The average molecular weight is 249 g/mol.